The summed E-state index contributed by atoms with van der Waals surface area (Å²) in [6.45, 7) is 4.90. The summed E-state index contributed by atoms with van der Waals surface area (Å²) in [5.74, 6) is 0.635. The maximum Gasteiger partial charge on any atom is 0.270 e. The van der Waals surface area contributed by atoms with Gasteiger partial charge in [-0.2, -0.15) is 0 Å². The summed E-state index contributed by atoms with van der Waals surface area (Å²) >= 11 is 0. The number of carbonyl (C=O) groups is 2. The Bertz CT molecular complexity index is 751. The third-order valence-electron chi connectivity index (χ3n) is 5.28. The third kappa shape index (κ3) is 3.51. The van der Waals surface area contributed by atoms with Crippen molar-refractivity contribution in [3.05, 3.63) is 54.4 Å². The number of para-hydroxylation sites is 1. The van der Waals surface area contributed by atoms with E-state index >= 15 is 0 Å². The summed E-state index contributed by atoms with van der Waals surface area (Å²) in [7, 11) is 0. The molecule has 1 atom stereocenters. The Morgan fingerprint density at radius 2 is 1.81 bits per heavy atom. The number of H-pyrrole nitrogens is 1. The van der Waals surface area contributed by atoms with Crippen LogP contribution in [-0.4, -0.2) is 65.9 Å². The van der Waals surface area contributed by atoms with Crippen LogP contribution in [0.5, 0.6) is 0 Å². The molecule has 3 heterocycles. The number of hydrogen-bond acceptors (Lipinski definition) is 3. The third-order valence-corrected chi connectivity index (χ3v) is 5.28. The number of benzene rings is 1. The van der Waals surface area contributed by atoms with Crippen LogP contribution in [0.15, 0.2) is 48.7 Å². The molecule has 2 aliphatic rings. The summed E-state index contributed by atoms with van der Waals surface area (Å²) in [6.07, 6.45) is 2.38. The van der Waals surface area contributed by atoms with Gasteiger partial charge in [-0.3, -0.25) is 14.5 Å². The fourth-order valence-electron chi connectivity index (χ4n) is 3.89. The minimum atomic E-state index is 0.0703. The first-order valence-corrected chi connectivity index (χ1v) is 9.21. The van der Waals surface area contributed by atoms with Crippen molar-refractivity contribution < 1.29 is 9.59 Å². The second-order valence-electron chi connectivity index (χ2n) is 7.09. The highest BCUT2D eigenvalue weighted by Crippen LogP contribution is 2.25. The van der Waals surface area contributed by atoms with E-state index in [0.717, 1.165) is 45.0 Å². The van der Waals surface area contributed by atoms with Crippen molar-refractivity contribution in [1.82, 2.24) is 14.8 Å². The first-order valence-electron chi connectivity index (χ1n) is 9.21. The van der Waals surface area contributed by atoms with Gasteiger partial charge in [0.05, 0.1) is 0 Å². The van der Waals surface area contributed by atoms with Crippen LogP contribution >= 0.6 is 0 Å². The number of piperazine rings is 1. The smallest absolute Gasteiger partial charge is 0.270 e. The second-order valence-corrected chi connectivity index (χ2v) is 7.09. The van der Waals surface area contributed by atoms with Crippen molar-refractivity contribution in [2.75, 3.05) is 44.2 Å². The number of anilines is 1. The lowest BCUT2D eigenvalue weighted by Gasteiger charge is -2.35. The summed E-state index contributed by atoms with van der Waals surface area (Å²) in [6, 6.07) is 13.6. The number of rotatable bonds is 4. The number of amides is 2. The Labute approximate surface area is 153 Å². The number of aromatic nitrogens is 1. The van der Waals surface area contributed by atoms with E-state index in [0.29, 0.717) is 18.0 Å². The molecular weight excluding hydrogens is 328 g/mol. The van der Waals surface area contributed by atoms with Gasteiger partial charge < -0.3 is 14.8 Å². The summed E-state index contributed by atoms with van der Waals surface area (Å²) in [5.41, 5.74) is 1.64. The van der Waals surface area contributed by atoms with Gasteiger partial charge in [0.1, 0.15) is 5.69 Å². The molecule has 1 aromatic carbocycles. The van der Waals surface area contributed by atoms with Crippen LogP contribution in [0, 0.1) is 5.92 Å². The van der Waals surface area contributed by atoms with Gasteiger partial charge in [-0.25, -0.2) is 0 Å². The predicted octanol–water partition coefficient (Wildman–Crippen LogP) is 1.83. The van der Waals surface area contributed by atoms with E-state index in [1.807, 2.05) is 52.3 Å². The van der Waals surface area contributed by atoms with E-state index in [1.165, 1.54) is 0 Å². The lowest BCUT2D eigenvalue weighted by Crippen LogP contribution is -2.50. The molecule has 2 saturated heterocycles. The SMILES string of the molecule is O=C(c1ccc[nH]1)N1CCN(C[C@H]2CC(=O)N(c3ccccc3)C2)CC1. The Hall–Kier alpha value is -2.60. The summed E-state index contributed by atoms with van der Waals surface area (Å²) in [5, 5.41) is 0. The minimum absolute atomic E-state index is 0.0703. The fraction of sp³-hybridized carbons (Fsp3) is 0.400. The number of carbonyl (C=O) groups excluding carboxylic acids is 2. The van der Waals surface area contributed by atoms with Crippen LogP contribution in [-0.2, 0) is 4.79 Å². The normalized spacial score (nSPS) is 21.4. The molecule has 0 saturated carbocycles. The largest absolute Gasteiger partial charge is 0.357 e. The number of nitrogens with one attached hydrogen (secondary N) is 1. The standard InChI is InChI=1S/C20H24N4O2/c25-19-13-16(15-24(19)17-5-2-1-3-6-17)14-22-9-11-23(12-10-22)20(26)18-7-4-8-21-18/h1-8,16,21H,9-15H2/t16-/m1/s1. The van der Waals surface area contributed by atoms with Gasteiger partial charge in [0.15, 0.2) is 0 Å². The molecule has 1 N–H and O–H groups in total. The molecule has 6 heteroatoms. The van der Waals surface area contributed by atoms with Gasteiger partial charge in [0.2, 0.25) is 5.91 Å². The first kappa shape index (κ1) is 16.8. The van der Waals surface area contributed by atoms with Crippen LogP contribution in [0.2, 0.25) is 0 Å². The minimum Gasteiger partial charge on any atom is -0.357 e. The average molecular weight is 352 g/mol. The zero-order chi connectivity index (χ0) is 17.9. The molecule has 4 rings (SSSR count). The Kier molecular flexibility index (Phi) is 4.75. The van der Waals surface area contributed by atoms with Crippen LogP contribution in [0.25, 0.3) is 0 Å². The zero-order valence-corrected chi connectivity index (χ0v) is 14.8. The van der Waals surface area contributed by atoms with Crippen molar-refractivity contribution in [3.8, 4) is 0 Å². The van der Waals surface area contributed by atoms with E-state index in [-0.39, 0.29) is 11.8 Å². The molecule has 0 radical (unpaired) electrons. The highest BCUT2D eigenvalue weighted by atomic mass is 16.2. The second kappa shape index (κ2) is 7.33. The number of hydrogen-bond donors (Lipinski definition) is 1. The van der Waals surface area contributed by atoms with Gasteiger partial charge >= 0.3 is 0 Å². The van der Waals surface area contributed by atoms with Crippen molar-refractivity contribution in [3.63, 3.8) is 0 Å². The van der Waals surface area contributed by atoms with Crippen LogP contribution in [0.3, 0.4) is 0 Å². The summed E-state index contributed by atoms with van der Waals surface area (Å²) in [4.78, 5) is 33.9. The fourth-order valence-corrected chi connectivity index (χ4v) is 3.89. The van der Waals surface area contributed by atoms with Gasteiger partial charge in [-0.1, -0.05) is 18.2 Å². The van der Waals surface area contributed by atoms with Crippen LogP contribution in [0.4, 0.5) is 5.69 Å². The topological polar surface area (TPSA) is 59.7 Å². The highest BCUT2D eigenvalue weighted by molar-refractivity contribution is 5.95. The molecule has 26 heavy (non-hydrogen) atoms. The molecule has 0 spiro atoms. The monoisotopic (exact) mass is 352 g/mol. The molecular formula is C20H24N4O2. The van der Waals surface area contributed by atoms with Crippen molar-refractivity contribution in [2.45, 2.75) is 6.42 Å². The van der Waals surface area contributed by atoms with Gasteiger partial charge in [0, 0.05) is 57.6 Å². The highest BCUT2D eigenvalue weighted by Gasteiger charge is 2.32. The Morgan fingerprint density at radius 1 is 1.04 bits per heavy atom. The van der Waals surface area contributed by atoms with Gasteiger partial charge in [-0.15, -0.1) is 0 Å². The maximum absolute atomic E-state index is 12.4. The Morgan fingerprint density at radius 3 is 2.50 bits per heavy atom. The first-order chi connectivity index (χ1) is 12.7. The van der Waals surface area contributed by atoms with Crippen molar-refractivity contribution in [1.29, 1.82) is 0 Å². The lowest BCUT2D eigenvalue weighted by molar-refractivity contribution is -0.117. The molecule has 2 amide bonds. The predicted molar refractivity (Wildman–Crippen MR) is 100 cm³/mol. The molecule has 0 bridgehead atoms. The molecule has 0 aliphatic carbocycles. The zero-order valence-electron chi connectivity index (χ0n) is 14.8. The molecule has 2 fully saturated rings. The van der Waals surface area contributed by atoms with E-state index in [9.17, 15) is 9.59 Å². The number of nitrogens with zero attached hydrogens (tertiary/aromatic N) is 3. The van der Waals surface area contributed by atoms with Gasteiger partial charge in [-0.05, 0) is 30.2 Å². The molecule has 1 aromatic heterocycles. The van der Waals surface area contributed by atoms with Crippen molar-refractivity contribution in [2.24, 2.45) is 5.92 Å². The van der Waals surface area contributed by atoms with E-state index in [2.05, 4.69) is 9.88 Å². The van der Waals surface area contributed by atoms with E-state index in [1.54, 1.807) is 6.20 Å². The van der Waals surface area contributed by atoms with E-state index in [4.69, 9.17) is 0 Å². The van der Waals surface area contributed by atoms with Crippen LogP contribution < -0.4 is 4.90 Å². The number of aromatic amines is 1. The molecule has 2 aromatic rings. The van der Waals surface area contributed by atoms with E-state index < -0.39 is 0 Å². The van der Waals surface area contributed by atoms with Crippen molar-refractivity contribution >= 4 is 17.5 Å². The van der Waals surface area contributed by atoms with Gasteiger partial charge in [0.25, 0.3) is 5.91 Å². The van der Waals surface area contributed by atoms with Crippen LogP contribution in [0.1, 0.15) is 16.9 Å². The average Bonchev–Trinajstić information content (AvgIpc) is 3.32. The molecule has 0 unspecified atom stereocenters. The molecule has 136 valence electrons. The molecule has 2 aliphatic heterocycles. The molecule has 6 nitrogen and oxygen atoms in total. The maximum atomic E-state index is 12.4. The lowest BCUT2D eigenvalue weighted by atomic mass is 10.1. The summed E-state index contributed by atoms with van der Waals surface area (Å²) < 4.78 is 0. The quantitative estimate of drug-likeness (QED) is 0.913. The Balaban J connectivity index is 1.29.